The number of hydrogen-bond donors (Lipinski definition) is 0. The summed E-state index contributed by atoms with van der Waals surface area (Å²) in [6.07, 6.45) is 8.43. The fourth-order valence-corrected chi connectivity index (χ4v) is 9.63. The minimum absolute atomic E-state index is 0.0313. The highest BCUT2D eigenvalue weighted by Gasteiger charge is 2.57. The molecule has 2 saturated heterocycles. The first-order chi connectivity index (χ1) is 15.7. The van der Waals surface area contributed by atoms with Crippen molar-refractivity contribution in [2.75, 3.05) is 31.2 Å². The molecule has 2 heterocycles. The van der Waals surface area contributed by atoms with E-state index in [0.717, 1.165) is 25.7 Å². The van der Waals surface area contributed by atoms with Crippen LogP contribution in [0.4, 0.5) is 0 Å². The van der Waals surface area contributed by atoms with Crippen molar-refractivity contribution in [3.63, 3.8) is 0 Å². The zero-order chi connectivity index (χ0) is 23.4. The third-order valence-corrected chi connectivity index (χ3v) is 10.7. The molecule has 2 atom stereocenters. The van der Waals surface area contributed by atoms with Gasteiger partial charge in [0.05, 0.1) is 16.9 Å². The standard InChI is InChI=1S/C24H36N2O6S/c1-2-25(19-5-7-33(30,31)15-19)21(27)14-32-22(28)20-4-3-6-26(20)23(29)24-11-16-8-17(12-24)10-18(9-16)13-24/h16-20H,2-15H2,1H3. The predicted molar refractivity (Wildman–Crippen MR) is 121 cm³/mol. The Hall–Kier alpha value is -1.64. The molecule has 0 aromatic heterocycles. The van der Waals surface area contributed by atoms with Gasteiger partial charge in [0.1, 0.15) is 6.04 Å². The Balaban J connectivity index is 1.20. The second-order valence-electron chi connectivity index (χ2n) is 11.2. The second kappa shape index (κ2) is 8.54. The van der Waals surface area contributed by atoms with Gasteiger partial charge in [-0.25, -0.2) is 13.2 Å². The Bertz CT molecular complexity index is 896. The van der Waals surface area contributed by atoms with E-state index in [0.29, 0.717) is 43.7 Å². The highest BCUT2D eigenvalue weighted by molar-refractivity contribution is 7.91. The van der Waals surface area contributed by atoms with Crippen LogP contribution >= 0.6 is 0 Å². The molecular formula is C24H36N2O6S. The molecule has 8 nitrogen and oxygen atoms in total. The molecule has 0 radical (unpaired) electrons. The minimum Gasteiger partial charge on any atom is -0.454 e. The lowest BCUT2D eigenvalue weighted by Gasteiger charge is -2.56. The van der Waals surface area contributed by atoms with Crippen LogP contribution < -0.4 is 0 Å². The van der Waals surface area contributed by atoms with Crippen LogP contribution in [-0.2, 0) is 29.0 Å². The van der Waals surface area contributed by atoms with Gasteiger partial charge in [-0.3, -0.25) is 9.59 Å². The van der Waals surface area contributed by atoms with Gasteiger partial charge in [0, 0.05) is 19.1 Å². The van der Waals surface area contributed by atoms with Crippen LogP contribution in [0.25, 0.3) is 0 Å². The van der Waals surface area contributed by atoms with Crippen LogP contribution in [0.5, 0.6) is 0 Å². The van der Waals surface area contributed by atoms with Gasteiger partial charge in [-0.2, -0.15) is 0 Å². The topological polar surface area (TPSA) is 101 Å². The molecule has 4 saturated carbocycles. The summed E-state index contributed by atoms with van der Waals surface area (Å²) >= 11 is 0. The third-order valence-electron chi connectivity index (χ3n) is 8.93. The number of sulfone groups is 1. The monoisotopic (exact) mass is 480 g/mol. The van der Waals surface area contributed by atoms with E-state index >= 15 is 0 Å². The number of hydrogen-bond acceptors (Lipinski definition) is 6. The second-order valence-corrected chi connectivity index (χ2v) is 13.4. The molecule has 6 aliphatic rings. The van der Waals surface area contributed by atoms with Gasteiger partial charge in [0.2, 0.25) is 5.91 Å². The van der Waals surface area contributed by atoms with E-state index in [1.54, 1.807) is 11.8 Å². The summed E-state index contributed by atoms with van der Waals surface area (Å²) < 4.78 is 29.0. The fraction of sp³-hybridized carbons (Fsp3) is 0.875. The van der Waals surface area contributed by atoms with Crippen LogP contribution in [-0.4, -0.2) is 79.3 Å². The molecule has 2 aliphatic heterocycles. The van der Waals surface area contributed by atoms with Crippen molar-refractivity contribution >= 4 is 27.6 Å². The van der Waals surface area contributed by atoms with E-state index in [-0.39, 0.29) is 34.8 Å². The van der Waals surface area contributed by atoms with Gasteiger partial charge >= 0.3 is 5.97 Å². The van der Waals surface area contributed by atoms with Crippen LogP contribution in [0, 0.1) is 23.2 Å². The number of esters is 1. The summed E-state index contributed by atoms with van der Waals surface area (Å²) in [6, 6.07) is -0.966. The summed E-state index contributed by atoms with van der Waals surface area (Å²) in [6.45, 7) is 2.35. The van der Waals surface area contributed by atoms with Crippen LogP contribution in [0.3, 0.4) is 0 Å². The Kier molecular flexibility index (Phi) is 5.98. The SMILES string of the molecule is CCN(C(=O)COC(=O)C1CCCN1C(=O)C12CC3CC(CC(C3)C1)C2)C1CCS(=O)(=O)C1. The summed E-state index contributed by atoms with van der Waals surface area (Å²) in [5.41, 5.74) is -0.291. The lowest BCUT2D eigenvalue weighted by molar-refractivity contribution is -0.167. The summed E-state index contributed by atoms with van der Waals surface area (Å²) in [4.78, 5) is 42.6. The van der Waals surface area contributed by atoms with E-state index in [1.165, 1.54) is 24.2 Å². The lowest BCUT2D eigenvalue weighted by Crippen LogP contribution is -2.56. The lowest BCUT2D eigenvalue weighted by atomic mass is 9.49. The maximum atomic E-state index is 13.7. The van der Waals surface area contributed by atoms with Gasteiger partial charge in [0.25, 0.3) is 5.91 Å². The number of carbonyl (C=O) groups is 3. The third kappa shape index (κ3) is 4.30. The number of likely N-dealkylation sites (tertiary alicyclic amines) is 1. The van der Waals surface area contributed by atoms with E-state index < -0.39 is 28.5 Å². The molecule has 0 N–H and O–H groups in total. The van der Waals surface area contributed by atoms with Gasteiger partial charge in [-0.1, -0.05) is 0 Å². The smallest absolute Gasteiger partial charge is 0.329 e. The van der Waals surface area contributed by atoms with Gasteiger partial charge in [-0.15, -0.1) is 0 Å². The van der Waals surface area contributed by atoms with Crippen molar-refractivity contribution in [1.29, 1.82) is 0 Å². The Labute approximate surface area is 196 Å². The van der Waals surface area contributed by atoms with Gasteiger partial charge < -0.3 is 14.5 Å². The number of likely N-dealkylation sites (N-methyl/N-ethyl adjacent to an activating group) is 1. The van der Waals surface area contributed by atoms with Crippen molar-refractivity contribution in [3.05, 3.63) is 0 Å². The van der Waals surface area contributed by atoms with Crippen molar-refractivity contribution in [2.24, 2.45) is 23.2 Å². The average Bonchev–Trinajstić information content (AvgIpc) is 3.37. The number of carbonyl (C=O) groups excluding carboxylic acids is 3. The predicted octanol–water partition coefficient (Wildman–Crippen LogP) is 1.77. The molecule has 6 fully saturated rings. The molecule has 184 valence electrons. The first-order valence-corrected chi connectivity index (χ1v) is 14.5. The molecular weight excluding hydrogens is 444 g/mol. The zero-order valence-corrected chi connectivity index (χ0v) is 20.4. The van der Waals surface area contributed by atoms with Gasteiger partial charge in [0.15, 0.2) is 16.4 Å². The maximum absolute atomic E-state index is 13.7. The fourth-order valence-electron chi connectivity index (χ4n) is 7.90. The summed E-state index contributed by atoms with van der Waals surface area (Å²) in [5, 5.41) is 0. The number of amides is 2. The average molecular weight is 481 g/mol. The molecule has 4 bridgehead atoms. The largest absolute Gasteiger partial charge is 0.454 e. The van der Waals surface area contributed by atoms with Crippen molar-refractivity contribution in [3.8, 4) is 0 Å². The molecule has 33 heavy (non-hydrogen) atoms. The van der Waals surface area contributed by atoms with Crippen LogP contribution in [0.1, 0.15) is 64.7 Å². The van der Waals surface area contributed by atoms with Crippen LogP contribution in [0.2, 0.25) is 0 Å². The zero-order valence-electron chi connectivity index (χ0n) is 19.5. The minimum atomic E-state index is -3.11. The van der Waals surface area contributed by atoms with E-state index in [4.69, 9.17) is 4.74 Å². The maximum Gasteiger partial charge on any atom is 0.329 e. The molecule has 0 aromatic rings. The Morgan fingerprint density at radius 1 is 1.03 bits per heavy atom. The van der Waals surface area contributed by atoms with Crippen molar-refractivity contribution in [1.82, 2.24) is 9.80 Å². The van der Waals surface area contributed by atoms with E-state index in [2.05, 4.69) is 0 Å². The molecule has 2 amide bonds. The molecule has 0 aromatic carbocycles. The first kappa shape index (κ1) is 23.1. The highest BCUT2D eigenvalue weighted by Crippen LogP contribution is 2.60. The molecule has 0 spiro atoms. The molecule has 2 unspecified atom stereocenters. The van der Waals surface area contributed by atoms with Crippen molar-refractivity contribution < 1.29 is 27.5 Å². The number of rotatable bonds is 6. The molecule has 4 aliphatic carbocycles. The number of ether oxygens (including phenoxy) is 1. The normalized spacial score (nSPS) is 38.5. The Morgan fingerprint density at radius 3 is 2.21 bits per heavy atom. The summed E-state index contributed by atoms with van der Waals surface area (Å²) in [5.74, 6) is 1.29. The summed E-state index contributed by atoms with van der Waals surface area (Å²) in [7, 11) is -3.11. The number of nitrogens with zero attached hydrogens (tertiary/aromatic N) is 2. The van der Waals surface area contributed by atoms with E-state index in [1.807, 2.05) is 0 Å². The highest BCUT2D eigenvalue weighted by atomic mass is 32.2. The Morgan fingerprint density at radius 2 is 1.67 bits per heavy atom. The van der Waals surface area contributed by atoms with E-state index in [9.17, 15) is 22.8 Å². The first-order valence-electron chi connectivity index (χ1n) is 12.7. The molecule has 6 rings (SSSR count). The molecule has 9 heteroatoms. The quantitative estimate of drug-likeness (QED) is 0.537. The van der Waals surface area contributed by atoms with Crippen LogP contribution in [0.15, 0.2) is 0 Å². The van der Waals surface area contributed by atoms with Gasteiger partial charge in [-0.05, 0) is 82.5 Å². The van der Waals surface area contributed by atoms with Crippen molar-refractivity contribution in [2.45, 2.75) is 76.8 Å².